The van der Waals surface area contributed by atoms with Crippen LogP contribution in [0.1, 0.15) is 50.2 Å². The lowest BCUT2D eigenvalue weighted by atomic mass is 9.84. The van der Waals surface area contributed by atoms with Crippen molar-refractivity contribution in [2.24, 2.45) is 16.8 Å². The molecule has 5 heteroatoms. The fourth-order valence-electron chi connectivity index (χ4n) is 2.94. The second kappa shape index (κ2) is 7.41. The van der Waals surface area contributed by atoms with Gasteiger partial charge in [-0.2, -0.15) is 0 Å². The van der Waals surface area contributed by atoms with Crippen molar-refractivity contribution in [2.45, 2.75) is 51.6 Å². The topological polar surface area (TPSA) is 70.6 Å². The molecule has 0 heterocycles. The van der Waals surface area contributed by atoms with E-state index in [0.717, 1.165) is 5.92 Å². The highest BCUT2D eigenvalue weighted by atomic mass is 19.1. The molecule has 0 atom stereocenters. The van der Waals surface area contributed by atoms with E-state index >= 15 is 0 Å². The summed E-state index contributed by atoms with van der Waals surface area (Å²) < 4.78 is 14.0. The first-order chi connectivity index (χ1) is 10.1. The quantitative estimate of drug-likeness (QED) is 0.338. The zero-order chi connectivity index (χ0) is 15.2. The molecule has 4 N–H and O–H groups in total. The third kappa shape index (κ3) is 4.17. The van der Waals surface area contributed by atoms with Crippen LogP contribution < -0.4 is 11.1 Å². The molecule has 0 aromatic heterocycles. The third-order valence-electron chi connectivity index (χ3n) is 4.46. The maximum Gasteiger partial charge on any atom is 0.170 e. The van der Waals surface area contributed by atoms with Gasteiger partial charge in [-0.1, -0.05) is 30.6 Å². The molecule has 0 aliphatic heterocycles. The van der Waals surface area contributed by atoms with Crippen LogP contribution in [0.3, 0.4) is 0 Å². The first kappa shape index (κ1) is 15.8. The number of rotatable bonds is 5. The van der Waals surface area contributed by atoms with E-state index in [1.165, 1.54) is 38.2 Å². The summed E-state index contributed by atoms with van der Waals surface area (Å²) in [4.78, 5) is 0. The Morgan fingerprint density at radius 2 is 2.10 bits per heavy atom. The summed E-state index contributed by atoms with van der Waals surface area (Å²) in [6.07, 6.45) is 6.12. The summed E-state index contributed by atoms with van der Waals surface area (Å²) in [7, 11) is 0. The van der Waals surface area contributed by atoms with Crippen LogP contribution in [0.2, 0.25) is 0 Å². The summed E-state index contributed by atoms with van der Waals surface area (Å²) >= 11 is 0. The number of hydrogen-bond acceptors (Lipinski definition) is 3. The summed E-state index contributed by atoms with van der Waals surface area (Å²) in [5.74, 6) is 0.458. The minimum Gasteiger partial charge on any atom is -0.409 e. The molecule has 1 saturated carbocycles. The molecule has 1 aromatic rings. The number of amidine groups is 1. The lowest BCUT2D eigenvalue weighted by molar-refractivity contribution is 0.284. The number of nitrogens with two attached hydrogens (primary N) is 1. The Bertz CT molecular complexity index is 496. The second-order valence-corrected chi connectivity index (χ2v) is 5.80. The van der Waals surface area contributed by atoms with E-state index in [2.05, 4.69) is 17.4 Å². The second-order valence-electron chi connectivity index (χ2n) is 5.80. The molecule has 0 unspecified atom stereocenters. The number of halogens is 1. The molecule has 0 saturated heterocycles. The number of hydrogen-bond donors (Lipinski definition) is 3. The molecule has 21 heavy (non-hydrogen) atoms. The number of benzene rings is 1. The molecular formula is C16H24FN3O. The van der Waals surface area contributed by atoms with E-state index in [9.17, 15) is 4.39 Å². The van der Waals surface area contributed by atoms with Crippen LogP contribution in [-0.4, -0.2) is 17.1 Å². The number of nitrogens with one attached hydrogen (secondary N) is 1. The van der Waals surface area contributed by atoms with Gasteiger partial charge in [0.05, 0.1) is 0 Å². The van der Waals surface area contributed by atoms with Crippen LogP contribution in [0.15, 0.2) is 23.4 Å². The first-order valence-corrected chi connectivity index (χ1v) is 7.63. The Morgan fingerprint density at radius 1 is 1.38 bits per heavy atom. The minimum absolute atomic E-state index is 0.0775. The molecule has 2 rings (SSSR count). The highest BCUT2D eigenvalue weighted by molar-refractivity contribution is 5.97. The van der Waals surface area contributed by atoms with Gasteiger partial charge in [-0.25, -0.2) is 4.39 Å². The maximum absolute atomic E-state index is 14.0. The van der Waals surface area contributed by atoms with Gasteiger partial charge in [0.2, 0.25) is 0 Å². The first-order valence-electron chi connectivity index (χ1n) is 7.63. The zero-order valence-electron chi connectivity index (χ0n) is 12.5. The van der Waals surface area contributed by atoms with Crippen LogP contribution in [0.5, 0.6) is 0 Å². The van der Waals surface area contributed by atoms with E-state index in [0.29, 0.717) is 23.7 Å². The number of nitrogens with zero attached hydrogens (tertiary/aromatic N) is 1. The van der Waals surface area contributed by atoms with Crippen molar-refractivity contribution in [1.82, 2.24) is 5.32 Å². The largest absolute Gasteiger partial charge is 0.409 e. The van der Waals surface area contributed by atoms with E-state index in [-0.39, 0.29) is 11.7 Å². The third-order valence-corrected chi connectivity index (χ3v) is 4.46. The molecule has 0 radical (unpaired) electrons. The fourth-order valence-corrected chi connectivity index (χ4v) is 2.94. The van der Waals surface area contributed by atoms with Crippen LogP contribution in [0.4, 0.5) is 4.39 Å². The van der Waals surface area contributed by atoms with Gasteiger partial charge in [0.1, 0.15) is 5.82 Å². The standard InChI is InChI=1S/C16H24FN3O/c1-2-11-3-7-14(8-4-11)19-10-13-6-5-12(9-15(13)17)16(18)20-21/h5-6,9,11,14,19,21H,2-4,7-8,10H2,1H3,(H2,18,20). The van der Waals surface area contributed by atoms with Gasteiger partial charge in [0, 0.05) is 23.7 Å². The summed E-state index contributed by atoms with van der Waals surface area (Å²) in [5, 5.41) is 14.9. The van der Waals surface area contributed by atoms with Gasteiger partial charge in [0.15, 0.2) is 5.84 Å². The van der Waals surface area contributed by atoms with Gasteiger partial charge in [0.25, 0.3) is 0 Å². The van der Waals surface area contributed by atoms with Crippen molar-refractivity contribution in [2.75, 3.05) is 0 Å². The van der Waals surface area contributed by atoms with Crippen LogP contribution in [0.25, 0.3) is 0 Å². The van der Waals surface area contributed by atoms with E-state index in [4.69, 9.17) is 10.9 Å². The molecular weight excluding hydrogens is 269 g/mol. The molecule has 1 aliphatic carbocycles. The summed E-state index contributed by atoms with van der Waals surface area (Å²) in [6.45, 7) is 2.76. The normalized spacial score (nSPS) is 23.2. The summed E-state index contributed by atoms with van der Waals surface area (Å²) in [6, 6.07) is 5.15. The Labute approximate surface area is 125 Å². The van der Waals surface area contributed by atoms with Crippen molar-refractivity contribution >= 4 is 5.84 Å². The minimum atomic E-state index is -0.325. The van der Waals surface area contributed by atoms with Gasteiger partial charge in [-0.3, -0.25) is 0 Å². The monoisotopic (exact) mass is 293 g/mol. The Hall–Kier alpha value is -1.62. The van der Waals surface area contributed by atoms with Gasteiger partial charge < -0.3 is 16.3 Å². The van der Waals surface area contributed by atoms with Crippen molar-refractivity contribution < 1.29 is 9.60 Å². The van der Waals surface area contributed by atoms with Crippen LogP contribution >= 0.6 is 0 Å². The average Bonchev–Trinajstić information content (AvgIpc) is 2.53. The molecule has 0 spiro atoms. The lowest BCUT2D eigenvalue weighted by Crippen LogP contribution is -2.32. The molecule has 4 nitrogen and oxygen atoms in total. The molecule has 1 aromatic carbocycles. The van der Waals surface area contributed by atoms with Crippen molar-refractivity contribution in [1.29, 1.82) is 0 Å². The molecule has 0 bridgehead atoms. The molecule has 1 aliphatic rings. The van der Waals surface area contributed by atoms with E-state index in [1.54, 1.807) is 12.1 Å². The predicted molar refractivity (Wildman–Crippen MR) is 81.8 cm³/mol. The van der Waals surface area contributed by atoms with Gasteiger partial charge >= 0.3 is 0 Å². The zero-order valence-corrected chi connectivity index (χ0v) is 12.5. The summed E-state index contributed by atoms with van der Waals surface area (Å²) in [5.41, 5.74) is 6.45. The van der Waals surface area contributed by atoms with Gasteiger partial charge in [-0.05, 0) is 37.7 Å². The molecule has 1 fully saturated rings. The molecule has 116 valence electrons. The predicted octanol–water partition coefficient (Wildman–Crippen LogP) is 2.98. The maximum atomic E-state index is 14.0. The Balaban J connectivity index is 1.89. The van der Waals surface area contributed by atoms with Crippen molar-refractivity contribution in [3.63, 3.8) is 0 Å². The van der Waals surface area contributed by atoms with Crippen molar-refractivity contribution in [3.8, 4) is 0 Å². The number of oxime groups is 1. The molecule has 0 amide bonds. The SMILES string of the molecule is CCC1CCC(NCc2ccc(C(N)=NO)cc2F)CC1. The average molecular weight is 293 g/mol. The smallest absolute Gasteiger partial charge is 0.170 e. The van der Waals surface area contributed by atoms with Crippen molar-refractivity contribution in [3.05, 3.63) is 35.1 Å². The fraction of sp³-hybridized carbons (Fsp3) is 0.562. The highest BCUT2D eigenvalue weighted by Crippen LogP contribution is 2.26. The Morgan fingerprint density at radius 3 is 2.67 bits per heavy atom. The lowest BCUT2D eigenvalue weighted by Gasteiger charge is -2.28. The highest BCUT2D eigenvalue weighted by Gasteiger charge is 2.19. The van der Waals surface area contributed by atoms with E-state index < -0.39 is 0 Å². The van der Waals surface area contributed by atoms with Gasteiger partial charge in [-0.15, -0.1) is 0 Å². The Kier molecular flexibility index (Phi) is 5.56. The van der Waals surface area contributed by atoms with Crippen LogP contribution in [0, 0.1) is 11.7 Å². The van der Waals surface area contributed by atoms with Crippen LogP contribution in [-0.2, 0) is 6.54 Å². The van der Waals surface area contributed by atoms with E-state index in [1.807, 2.05) is 0 Å².